The van der Waals surface area contributed by atoms with Crippen LogP contribution in [0.2, 0.25) is 5.02 Å². The SMILES string of the molecule is CC[C@@H](C)Oc1cc2c(cc1OC)CC(=O)N(c1ccc(N(C)C[C@H]3CC[C@H](N(C)C(C)C)CC3)cc1)C2c1ccc(Cl)cc1. The number of ether oxygens (including phenoxy) is 2. The molecule has 0 radical (unpaired) electrons. The maximum absolute atomic E-state index is 13.9. The Morgan fingerprint density at radius 1 is 0.933 bits per heavy atom. The molecule has 242 valence electrons. The maximum Gasteiger partial charge on any atom is 0.232 e. The van der Waals surface area contributed by atoms with Crippen LogP contribution >= 0.6 is 11.6 Å². The molecule has 1 aliphatic carbocycles. The lowest BCUT2D eigenvalue weighted by Gasteiger charge is -2.39. The van der Waals surface area contributed by atoms with Crippen LogP contribution in [0.5, 0.6) is 11.5 Å². The molecule has 0 saturated heterocycles. The summed E-state index contributed by atoms with van der Waals surface area (Å²) < 4.78 is 12.0. The zero-order chi connectivity index (χ0) is 32.2. The summed E-state index contributed by atoms with van der Waals surface area (Å²) in [4.78, 5) is 20.8. The molecule has 1 heterocycles. The number of rotatable bonds is 11. The number of amides is 1. The highest BCUT2D eigenvalue weighted by Gasteiger charge is 2.36. The van der Waals surface area contributed by atoms with Crippen molar-refractivity contribution in [3.05, 3.63) is 82.4 Å². The van der Waals surface area contributed by atoms with Crippen molar-refractivity contribution in [2.75, 3.05) is 37.5 Å². The molecule has 0 bridgehead atoms. The van der Waals surface area contributed by atoms with Crippen LogP contribution in [0.15, 0.2) is 60.7 Å². The molecule has 5 rings (SSSR count). The van der Waals surface area contributed by atoms with Gasteiger partial charge < -0.3 is 24.2 Å². The standard InChI is InChI=1S/C38H50ClN3O3/c1-8-26(4)45-36-23-34-29(21-35(36)44-7)22-37(43)42(38(34)28-11-13-30(39)14-12-28)33-19-17-31(18-20-33)40(5)24-27-9-15-32(16-10-27)41(6)25(2)3/h11-14,17-21,23,25-27,32,38H,8-10,15-16,22,24H2,1-7H3/t26-,27-,32-,38?/m1/s1. The van der Waals surface area contributed by atoms with Gasteiger partial charge in [0.15, 0.2) is 11.5 Å². The van der Waals surface area contributed by atoms with E-state index >= 15 is 0 Å². The molecule has 1 fully saturated rings. The van der Waals surface area contributed by atoms with Gasteiger partial charge >= 0.3 is 0 Å². The predicted octanol–water partition coefficient (Wildman–Crippen LogP) is 8.54. The number of nitrogens with zero attached hydrogens (tertiary/aromatic N) is 3. The highest BCUT2D eigenvalue weighted by Crippen LogP contribution is 2.44. The van der Waals surface area contributed by atoms with E-state index in [2.05, 4.69) is 81.9 Å². The van der Waals surface area contributed by atoms with Crippen LogP contribution in [0.4, 0.5) is 11.4 Å². The molecule has 0 N–H and O–H groups in total. The number of benzene rings is 3. The molecule has 0 spiro atoms. The van der Waals surface area contributed by atoms with Crippen LogP contribution in [0, 0.1) is 5.92 Å². The zero-order valence-corrected chi connectivity index (χ0v) is 28.8. The Bertz CT molecular complexity index is 1430. The van der Waals surface area contributed by atoms with Crippen molar-refractivity contribution in [3.8, 4) is 11.5 Å². The van der Waals surface area contributed by atoms with Gasteiger partial charge in [0.25, 0.3) is 0 Å². The Kier molecular flexibility index (Phi) is 10.7. The minimum Gasteiger partial charge on any atom is -0.493 e. The van der Waals surface area contributed by atoms with E-state index in [1.165, 1.54) is 31.4 Å². The van der Waals surface area contributed by atoms with Gasteiger partial charge in [-0.25, -0.2) is 0 Å². The molecule has 1 aliphatic heterocycles. The predicted molar refractivity (Wildman–Crippen MR) is 186 cm³/mol. The summed E-state index contributed by atoms with van der Waals surface area (Å²) in [6.07, 6.45) is 6.27. The fraction of sp³-hybridized carbons (Fsp3) is 0.500. The van der Waals surface area contributed by atoms with E-state index in [0.29, 0.717) is 34.5 Å². The Balaban J connectivity index is 1.40. The molecule has 7 heteroatoms. The largest absolute Gasteiger partial charge is 0.493 e. The Hall–Kier alpha value is -3.22. The molecule has 3 aromatic carbocycles. The van der Waals surface area contributed by atoms with Gasteiger partial charge in [-0.2, -0.15) is 0 Å². The van der Waals surface area contributed by atoms with Gasteiger partial charge in [-0.3, -0.25) is 4.79 Å². The van der Waals surface area contributed by atoms with E-state index in [9.17, 15) is 4.79 Å². The van der Waals surface area contributed by atoms with Crippen molar-refractivity contribution >= 4 is 28.9 Å². The zero-order valence-electron chi connectivity index (χ0n) is 28.1. The van der Waals surface area contributed by atoms with Gasteiger partial charge in [0.2, 0.25) is 5.91 Å². The molecule has 3 aromatic rings. The van der Waals surface area contributed by atoms with Crippen LogP contribution in [-0.4, -0.2) is 56.7 Å². The minimum absolute atomic E-state index is 0.0354. The Morgan fingerprint density at radius 2 is 1.60 bits per heavy atom. The Labute approximate surface area is 275 Å². The first kappa shape index (κ1) is 33.2. The lowest BCUT2D eigenvalue weighted by Crippen LogP contribution is -2.41. The molecular formula is C38H50ClN3O3. The van der Waals surface area contributed by atoms with Crippen molar-refractivity contribution in [2.24, 2.45) is 5.92 Å². The highest BCUT2D eigenvalue weighted by molar-refractivity contribution is 6.30. The van der Waals surface area contributed by atoms with Crippen LogP contribution in [0.1, 0.15) is 82.5 Å². The molecule has 0 aromatic heterocycles. The minimum atomic E-state index is -0.327. The fourth-order valence-corrected chi connectivity index (χ4v) is 7.02. The number of hydrogen-bond donors (Lipinski definition) is 0. The van der Waals surface area contributed by atoms with E-state index in [0.717, 1.165) is 35.3 Å². The van der Waals surface area contributed by atoms with E-state index < -0.39 is 0 Å². The van der Waals surface area contributed by atoms with Gasteiger partial charge in [0.05, 0.1) is 25.7 Å². The van der Waals surface area contributed by atoms with E-state index in [1.807, 2.05) is 35.2 Å². The smallest absolute Gasteiger partial charge is 0.232 e. The van der Waals surface area contributed by atoms with Gasteiger partial charge in [-0.05, 0) is 131 Å². The van der Waals surface area contributed by atoms with Crippen LogP contribution in [-0.2, 0) is 11.2 Å². The van der Waals surface area contributed by atoms with Gasteiger partial charge in [-0.1, -0.05) is 30.7 Å². The van der Waals surface area contributed by atoms with Crippen molar-refractivity contribution in [3.63, 3.8) is 0 Å². The monoisotopic (exact) mass is 631 g/mol. The van der Waals surface area contributed by atoms with Gasteiger partial charge in [0, 0.05) is 42.1 Å². The van der Waals surface area contributed by atoms with Crippen molar-refractivity contribution < 1.29 is 14.3 Å². The molecule has 1 amide bonds. The highest BCUT2D eigenvalue weighted by atomic mass is 35.5. The second-order valence-corrected chi connectivity index (χ2v) is 13.7. The van der Waals surface area contributed by atoms with Crippen molar-refractivity contribution in [1.82, 2.24) is 4.90 Å². The van der Waals surface area contributed by atoms with Crippen LogP contribution in [0.25, 0.3) is 0 Å². The number of methoxy groups -OCH3 is 1. The number of hydrogen-bond acceptors (Lipinski definition) is 5. The first-order valence-corrected chi connectivity index (χ1v) is 16.9. The number of anilines is 2. The molecule has 6 nitrogen and oxygen atoms in total. The first-order valence-electron chi connectivity index (χ1n) is 16.6. The normalized spacial score (nSPS) is 20.7. The molecule has 1 unspecified atom stereocenters. The third kappa shape index (κ3) is 7.44. The summed E-state index contributed by atoms with van der Waals surface area (Å²) in [5, 5.41) is 0.663. The van der Waals surface area contributed by atoms with E-state index in [4.69, 9.17) is 21.1 Å². The number of carbonyl (C=O) groups excluding carboxylic acids is 1. The van der Waals surface area contributed by atoms with Crippen molar-refractivity contribution in [1.29, 1.82) is 0 Å². The lowest BCUT2D eigenvalue weighted by molar-refractivity contribution is -0.118. The third-order valence-electron chi connectivity index (χ3n) is 9.98. The molecule has 2 atom stereocenters. The summed E-state index contributed by atoms with van der Waals surface area (Å²) in [5.41, 5.74) is 5.03. The van der Waals surface area contributed by atoms with E-state index in [1.54, 1.807) is 7.11 Å². The quantitative estimate of drug-likeness (QED) is 0.212. The summed E-state index contributed by atoms with van der Waals surface area (Å²) in [6.45, 7) is 9.77. The summed E-state index contributed by atoms with van der Waals surface area (Å²) in [7, 11) is 6.10. The second kappa shape index (κ2) is 14.5. The first-order chi connectivity index (χ1) is 21.6. The summed E-state index contributed by atoms with van der Waals surface area (Å²) in [5.74, 6) is 2.09. The Morgan fingerprint density at radius 3 is 2.20 bits per heavy atom. The van der Waals surface area contributed by atoms with Gasteiger partial charge in [0.1, 0.15) is 0 Å². The van der Waals surface area contributed by atoms with Crippen LogP contribution < -0.4 is 19.3 Å². The summed E-state index contributed by atoms with van der Waals surface area (Å²) in [6, 6.07) is 21.3. The molecule has 2 aliphatic rings. The fourth-order valence-electron chi connectivity index (χ4n) is 6.89. The number of halogens is 1. The maximum atomic E-state index is 13.9. The van der Waals surface area contributed by atoms with Crippen molar-refractivity contribution in [2.45, 2.75) is 90.4 Å². The van der Waals surface area contributed by atoms with E-state index in [-0.39, 0.29) is 24.5 Å². The second-order valence-electron chi connectivity index (χ2n) is 13.3. The molecule has 1 saturated carbocycles. The molecule has 45 heavy (non-hydrogen) atoms. The average molecular weight is 632 g/mol. The third-order valence-corrected chi connectivity index (χ3v) is 10.2. The lowest BCUT2D eigenvalue weighted by atomic mass is 9.84. The molecular weight excluding hydrogens is 582 g/mol. The van der Waals surface area contributed by atoms with Gasteiger partial charge in [-0.15, -0.1) is 0 Å². The number of carbonyl (C=O) groups is 1. The van der Waals surface area contributed by atoms with Crippen LogP contribution in [0.3, 0.4) is 0 Å². The summed E-state index contributed by atoms with van der Waals surface area (Å²) >= 11 is 6.30. The topological polar surface area (TPSA) is 45.3 Å². The number of fused-ring (bicyclic) bond motifs is 1. The average Bonchev–Trinajstić information content (AvgIpc) is 3.04.